The molecule has 1 aliphatic rings. The van der Waals surface area contributed by atoms with Gasteiger partial charge in [-0.05, 0) is 42.5 Å². The summed E-state index contributed by atoms with van der Waals surface area (Å²) in [5.74, 6) is 2.07. The molecule has 1 unspecified atom stereocenters. The first-order valence-corrected chi connectivity index (χ1v) is 6.96. The SMILES string of the molecule is CCc1nc(C2(N)CCCc3cc(OC)ccc32)no1. The number of hydrogen-bond acceptors (Lipinski definition) is 5. The molecule has 0 saturated heterocycles. The Morgan fingerprint density at radius 2 is 2.30 bits per heavy atom. The lowest BCUT2D eigenvalue weighted by Gasteiger charge is -2.33. The fourth-order valence-electron chi connectivity index (χ4n) is 2.84. The summed E-state index contributed by atoms with van der Waals surface area (Å²) in [5.41, 5.74) is 8.26. The van der Waals surface area contributed by atoms with Crippen LogP contribution >= 0.6 is 0 Å². The first kappa shape index (κ1) is 13.1. The van der Waals surface area contributed by atoms with Gasteiger partial charge in [0.15, 0.2) is 5.82 Å². The van der Waals surface area contributed by atoms with Gasteiger partial charge in [0, 0.05) is 6.42 Å². The first-order valence-electron chi connectivity index (χ1n) is 6.96. The summed E-state index contributed by atoms with van der Waals surface area (Å²) in [4.78, 5) is 4.43. The number of benzene rings is 1. The van der Waals surface area contributed by atoms with Crippen LogP contribution < -0.4 is 10.5 Å². The third-order valence-electron chi connectivity index (χ3n) is 3.98. The number of fused-ring (bicyclic) bond motifs is 1. The Labute approximate surface area is 118 Å². The number of aromatic nitrogens is 2. The van der Waals surface area contributed by atoms with E-state index in [9.17, 15) is 0 Å². The summed E-state index contributed by atoms with van der Waals surface area (Å²) in [6.45, 7) is 1.99. The molecule has 3 rings (SSSR count). The Hall–Kier alpha value is -1.88. The maximum Gasteiger partial charge on any atom is 0.226 e. The van der Waals surface area contributed by atoms with Crippen molar-refractivity contribution in [1.82, 2.24) is 10.1 Å². The molecule has 0 bridgehead atoms. The topological polar surface area (TPSA) is 74.2 Å². The van der Waals surface area contributed by atoms with Crippen molar-refractivity contribution in [2.45, 2.75) is 38.1 Å². The first-order chi connectivity index (χ1) is 9.67. The minimum Gasteiger partial charge on any atom is -0.497 e. The largest absolute Gasteiger partial charge is 0.497 e. The van der Waals surface area contributed by atoms with Crippen LogP contribution in [0, 0.1) is 0 Å². The van der Waals surface area contributed by atoms with Crippen molar-refractivity contribution in [1.29, 1.82) is 0 Å². The molecule has 20 heavy (non-hydrogen) atoms. The highest BCUT2D eigenvalue weighted by Crippen LogP contribution is 2.38. The van der Waals surface area contributed by atoms with Crippen molar-refractivity contribution in [3.63, 3.8) is 0 Å². The van der Waals surface area contributed by atoms with Gasteiger partial charge in [-0.3, -0.25) is 0 Å². The number of methoxy groups -OCH3 is 1. The average Bonchev–Trinajstić information content (AvgIpc) is 2.96. The van der Waals surface area contributed by atoms with E-state index in [0.717, 1.165) is 37.0 Å². The summed E-state index contributed by atoms with van der Waals surface area (Å²) in [5, 5.41) is 4.08. The molecule has 2 aromatic rings. The van der Waals surface area contributed by atoms with Crippen LogP contribution in [0.2, 0.25) is 0 Å². The highest BCUT2D eigenvalue weighted by Gasteiger charge is 2.38. The van der Waals surface area contributed by atoms with Gasteiger partial charge >= 0.3 is 0 Å². The second kappa shape index (κ2) is 4.90. The van der Waals surface area contributed by atoms with E-state index in [-0.39, 0.29) is 0 Å². The van der Waals surface area contributed by atoms with E-state index in [1.165, 1.54) is 5.56 Å². The van der Waals surface area contributed by atoms with Crippen LogP contribution in [0.15, 0.2) is 22.7 Å². The van der Waals surface area contributed by atoms with Crippen LogP contribution in [-0.4, -0.2) is 17.3 Å². The van der Waals surface area contributed by atoms with Crippen molar-refractivity contribution in [2.24, 2.45) is 5.73 Å². The van der Waals surface area contributed by atoms with Crippen LogP contribution in [0.1, 0.15) is 42.6 Å². The predicted octanol–water partition coefficient (Wildman–Crippen LogP) is 2.18. The number of rotatable bonds is 3. The Morgan fingerprint density at radius 1 is 1.45 bits per heavy atom. The number of ether oxygens (including phenoxy) is 1. The van der Waals surface area contributed by atoms with Crippen LogP contribution in [0.5, 0.6) is 5.75 Å². The molecule has 1 atom stereocenters. The summed E-state index contributed by atoms with van der Waals surface area (Å²) >= 11 is 0. The molecule has 1 aromatic carbocycles. The van der Waals surface area contributed by atoms with Gasteiger partial charge < -0.3 is 15.0 Å². The maximum atomic E-state index is 6.63. The Kier molecular flexibility index (Phi) is 3.22. The van der Waals surface area contributed by atoms with Gasteiger partial charge in [0.1, 0.15) is 11.3 Å². The Morgan fingerprint density at radius 3 is 3.00 bits per heavy atom. The monoisotopic (exact) mass is 273 g/mol. The van der Waals surface area contributed by atoms with E-state index >= 15 is 0 Å². The predicted molar refractivity (Wildman–Crippen MR) is 74.6 cm³/mol. The smallest absolute Gasteiger partial charge is 0.226 e. The molecule has 0 aliphatic heterocycles. The highest BCUT2D eigenvalue weighted by atomic mass is 16.5. The zero-order valence-electron chi connectivity index (χ0n) is 11.8. The maximum absolute atomic E-state index is 6.63. The van der Waals surface area contributed by atoms with Gasteiger partial charge in [0.25, 0.3) is 0 Å². The molecule has 0 saturated carbocycles. The fourth-order valence-corrected chi connectivity index (χ4v) is 2.84. The molecule has 5 heteroatoms. The Bertz CT molecular complexity index is 623. The van der Waals surface area contributed by atoms with E-state index in [0.29, 0.717) is 11.7 Å². The molecule has 0 spiro atoms. The molecule has 2 N–H and O–H groups in total. The summed E-state index contributed by atoms with van der Waals surface area (Å²) in [6, 6.07) is 6.01. The minimum atomic E-state index is -0.656. The van der Waals surface area contributed by atoms with E-state index in [1.54, 1.807) is 7.11 Å². The third kappa shape index (κ3) is 1.98. The highest BCUT2D eigenvalue weighted by molar-refractivity contribution is 5.44. The number of hydrogen-bond donors (Lipinski definition) is 1. The quantitative estimate of drug-likeness (QED) is 0.927. The lowest BCUT2D eigenvalue weighted by molar-refractivity contribution is 0.350. The Balaban J connectivity index is 2.07. The van der Waals surface area contributed by atoms with Crippen LogP contribution in [-0.2, 0) is 18.4 Å². The van der Waals surface area contributed by atoms with Gasteiger partial charge in [0.2, 0.25) is 5.89 Å². The molecule has 0 radical (unpaired) electrons. The molecule has 0 amide bonds. The molecule has 0 fully saturated rings. The fraction of sp³-hybridized carbons (Fsp3) is 0.467. The standard InChI is InChI=1S/C15H19N3O2/c1-3-13-17-14(18-20-13)15(16)8-4-5-10-9-11(19-2)6-7-12(10)15/h6-7,9H,3-5,8,16H2,1-2H3. The van der Waals surface area contributed by atoms with E-state index in [4.69, 9.17) is 15.0 Å². The molecule has 106 valence electrons. The molecule has 1 heterocycles. The van der Waals surface area contributed by atoms with Crippen LogP contribution in [0.3, 0.4) is 0 Å². The lowest BCUT2D eigenvalue weighted by atomic mass is 9.76. The van der Waals surface area contributed by atoms with Gasteiger partial charge in [-0.1, -0.05) is 18.1 Å². The molecular formula is C15H19N3O2. The van der Waals surface area contributed by atoms with Crippen LogP contribution in [0.25, 0.3) is 0 Å². The number of nitrogens with two attached hydrogens (primary N) is 1. The average molecular weight is 273 g/mol. The van der Waals surface area contributed by atoms with Crippen LogP contribution in [0.4, 0.5) is 0 Å². The normalized spacial score (nSPS) is 21.6. The third-order valence-corrected chi connectivity index (χ3v) is 3.98. The van der Waals surface area contributed by atoms with Gasteiger partial charge in [0.05, 0.1) is 7.11 Å². The molecule has 5 nitrogen and oxygen atoms in total. The zero-order valence-corrected chi connectivity index (χ0v) is 11.8. The second-order valence-corrected chi connectivity index (χ2v) is 5.21. The second-order valence-electron chi connectivity index (χ2n) is 5.21. The zero-order chi connectivity index (χ0) is 14.2. The van der Waals surface area contributed by atoms with E-state index in [1.807, 2.05) is 19.1 Å². The van der Waals surface area contributed by atoms with Crippen molar-refractivity contribution in [3.8, 4) is 5.75 Å². The van der Waals surface area contributed by atoms with Gasteiger partial charge in [-0.25, -0.2) is 0 Å². The molecular weight excluding hydrogens is 254 g/mol. The number of nitrogens with zero attached hydrogens (tertiary/aromatic N) is 2. The van der Waals surface area contributed by atoms with E-state index in [2.05, 4.69) is 16.2 Å². The van der Waals surface area contributed by atoms with Crippen molar-refractivity contribution < 1.29 is 9.26 Å². The molecule has 1 aromatic heterocycles. The summed E-state index contributed by atoms with van der Waals surface area (Å²) in [7, 11) is 1.67. The summed E-state index contributed by atoms with van der Waals surface area (Å²) < 4.78 is 10.5. The lowest BCUT2D eigenvalue weighted by Crippen LogP contribution is -2.42. The van der Waals surface area contributed by atoms with Crippen molar-refractivity contribution >= 4 is 0 Å². The number of aryl methyl sites for hydroxylation is 2. The summed E-state index contributed by atoms with van der Waals surface area (Å²) in [6.07, 6.45) is 3.56. The minimum absolute atomic E-state index is 0.584. The van der Waals surface area contributed by atoms with Gasteiger partial charge in [-0.2, -0.15) is 4.98 Å². The van der Waals surface area contributed by atoms with E-state index < -0.39 is 5.54 Å². The van der Waals surface area contributed by atoms with Crippen molar-refractivity contribution in [2.75, 3.05) is 7.11 Å². The van der Waals surface area contributed by atoms with Crippen molar-refractivity contribution in [3.05, 3.63) is 41.0 Å². The van der Waals surface area contributed by atoms with Gasteiger partial charge in [-0.15, -0.1) is 0 Å². The molecule has 1 aliphatic carbocycles.